The number of unbranched alkanes of at least 4 members (excludes halogenated alkanes) is 15. The van der Waals surface area contributed by atoms with Crippen molar-refractivity contribution in [1.82, 2.24) is 4.90 Å². The molecule has 1 fully saturated rings. The molecular formula is C27H51NO4. The van der Waals surface area contributed by atoms with Crippen molar-refractivity contribution in [3.63, 3.8) is 0 Å². The molecule has 0 bridgehead atoms. The largest absolute Gasteiger partial charge is 0.464 e. The first-order valence-corrected chi connectivity index (χ1v) is 13.8. The Morgan fingerprint density at radius 2 is 1.31 bits per heavy atom. The quantitative estimate of drug-likeness (QED) is 0.158. The molecule has 0 aromatic heterocycles. The van der Waals surface area contributed by atoms with Gasteiger partial charge in [0.05, 0.1) is 6.61 Å². The standard InChI is InChI=1S/C27H51NO4/c1-2-3-4-5-6-7-8-9-10-11-12-13-16-21-26(30)28-22-19-20-25(28)27(31)32-24-18-15-14-17-23-29/h25,29H,2-24H2,1H3. The molecule has 5 heteroatoms. The van der Waals surface area contributed by atoms with Crippen LogP contribution in [0.15, 0.2) is 0 Å². The third-order valence-electron chi connectivity index (χ3n) is 6.64. The van der Waals surface area contributed by atoms with E-state index in [2.05, 4.69) is 6.92 Å². The number of esters is 1. The highest BCUT2D eigenvalue weighted by Crippen LogP contribution is 2.21. The van der Waals surface area contributed by atoms with Crippen LogP contribution in [0.5, 0.6) is 0 Å². The maximum Gasteiger partial charge on any atom is 0.328 e. The van der Waals surface area contributed by atoms with Gasteiger partial charge in [-0.3, -0.25) is 4.79 Å². The van der Waals surface area contributed by atoms with Crippen LogP contribution in [0.25, 0.3) is 0 Å². The van der Waals surface area contributed by atoms with Crippen molar-refractivity contribution in [2.75, 3.05) is 19.8 Å². The maximum atomic E-state index is 12.6. The van der Waals surface area contributed by atoms with Gasteiger partial charge in [-0.15, -0.1) is 0 Å². The van der Waals surface area contributed by atoms with E-state index < -0.39 is 0 Å². The summed E-state index contributed by atoms with van der Waals surface area (Å²) in [6.07, 6.45) is 22.6. The highest BCUT2D eigenvalue weighted by molar-refractivity contribution is 5.85. The molecule has 0 radical (unpaired) electrons. The number of hydrogen-bond donors (Lipinski definition) is 1. The lowest BCUT2D eigenvalue weighted by atomic mass is 10.0. The van der Waals surface area contributed by atoms with Gasteiger partial charge < -0.3 is 14.7 Å². The lowest BCUT2D eigenvalue weighted by Gasteiger charge is -2.23. The predicted molar refractivity (Wildman–Crippen MR) is 132 cm³/mol. The van der Waals surface area contributed by atoms with Crippen LogP contribution in [0.4, 0.5) is 0 Å². The molecule has 0 aromatic carbocycles. The zero-order valence-corrected chi connectivity index (χ0v) is 21.0. The van der Waals surface area contributed by atoms with Gasteiger partial charge in [0.1, 0.15) is 6.04 Å². The van der Waals surface area contributed by atoms with Crippen LogP contribution < -0.4 is 0 Å². The van der Waals surface area contributed by atoms with E-state index in [0.717, 1.165) is 51.4 Å². The van der Waals surface area contributed by atoms with Crippen molar-refractivity contribution >= 4 is 11.9 Å². The first kappa shape index (κ1) is 28.9. The van der Waals surface area contributed by atoms with E-state index in [-0.39, 0.29) is 24.5 Å². The Balaban J connectivity index is 2.01. The van der Waals surface area contributed by atoms with Crippen LogP contribution in [-0.4, -0.2) is 47.7 Å². The summed E-state index contributed by atoms with van der Waals surface area (Å²) in [4.78, 5) is 26.7. The summed E-state index contributed by atoms with van der Waals surface area (Å²) in [5, 5.41) is 8.78. The second kappa shape index (κ2) is 20.5. The van der Waals surface area contributed by atoms with Crippen molar-refractivity contribution in [1.29, 1.82) is 0 Å². The SMILES string of the molecule is CCCCCCCCCCCCCCCC(=O)N1CCCC1C(=O)OCCCCCCO. The summed E-state index contributed by atoms with van der Waals surface area (Å²) in [5.41, 5.74) is 0. The van der Waals surface area contributed by atoms with E-state index in [1.165, 1.54) is 70.6 Å². The number of ether oxygens (including phenoxy) is 1. The fourth-order valence-corrected chi connectivity index (χ4v) is 4.58. The summed E-state index contributed by atoms with van der Waals surface area (Å²) in [5.74, 6) is -0.112. The molecule has 1 aliphatic heterocycles. The van der Waals surface area contributed by atoms with E-state index in [4.69, 9.17) is 9.84 Å². The maximum absolute atomic E-state index is 12.6. The summed E-state index contributed by atoms with van der Waals surface area (Å²) in [7, 11) is 0. The van der Waals surface area contributed by atoms with E-state index in [0.29, 0.717) is 19.6 Å². The number of aliphatic hydroxyl groups is 1. The van der Waals surface area contributed by atoms with Gasteiger partial charge >= 0.3 is 5.97 Å². The van der Waals surface area contributed by atoms with Crippen LogP contribution in [0, 0.1) is 0 Å². The number of carbonyl (C=O) groups is 2. The molecule has 1 rings (SSSR count). The Bertz CT molecular complexity index is 469. The number of carbonyl (C=O) groups excluding carboxylic acids is 2. The number of likely N-dealkylation sites (tertiary alicyclic amines) is 1. The van der Waals surface area contributed by atoms with E-state index in [1.54, 1.807) is 4.90 Å². The minimum Gasteiger partial charge on any atom is -0.464 e. The topological polar surface area (TPSA) is 66.8 Å². The summed E-state index contributed by atoms with van der Waals surface area (Å²) in [6, 6.07) is -0.373. The van der Waals surface area contributed by atoms with Gasteiger partial charge in [-0.05, 0) is 38.5 Å². The third-order valence-corrected chi connectivity index (χ3v) is 6.64. The first-order valence-electron chi connectivity index (χ1n) is 13.8. The number of aliphatic hydroxyl groups excluding tert-OH is 1. The van der Waals surface area contributed by atoms with Crippen molar-refractivity contribution in [2.24, 2.45) is 0 Å². The average molecular weight is 454 g/mol. The molecule has 1 unspecified atom stereocenters. The van der Waals surface area contributed by atoms with Crippen LogP contribution in [0.2, 0.25) is 0 Å². The molecule has 1 atom stereocenters. The fourth-order valence-electron chi connectivity index (χ4n) is 4.58. The number of rotatable bonds is 21. The van der Waals surface area contributed by atoms with E-state index >= 15 is 0 Å². The van der Waals surface area contributed by atoms with Gasteiger partial charge in [0.15, 0.2) is 0 Å². The number of hydrogen-bond acceptors (Lipinski definition) is 4. The van der Waals surface area contributed by atoms with Gasteiger partial charge in [-0.2, -0.15) is 0 Å². The molecule has 32 heavy (non-hydrogen) atoms. The molecule has 1 heterocycles. The summed E-state index contributed by atoms with van der Waals surface area (Å²) in [6.45, 7) is 3.59. The average Bonchev–Trinajstić information content (AvgIpc) is 3.29. The molecule has 0 aliphatic carbocycles. The molecule has 1 saturated heterocycles. The second-order valence-electron chi connectivity index (χ2n) is 9.54. The van der Waals surface area contributed by atoms with E-state index in [1.807, 2.05) is 0 Å². The van der Waals surface area contributed by atoms with Crippen LogP contribution in [0.1, 0.15) is 135 Å². The zero-order valence-electron chi connectivity index (χ0n) is 21.0. The van der Waals surface area contributed by atoms with Gasteiger partial charge in [-0.25, -0.2) is 4.79 Å². The van der Waals surface area contributed by atoms with Crippen LogP contribution >= 0.6 is 0 Å². The Hall–Kier alpha value is -1.10. The van der Waals surface area contributed by atoms with E-state index in [9.17, 15) is 9.59 Å². The Kier molecular flexibility index (Phi) is 18.5. The molecule has 0 saturated carbocycles. The smallest absolute Gasteiger partial charge is 0.328 e. The molecule has 5 nitrogen and oxygen atoms in total. The van der Waals surface area contributed by atoms with Crippen LogP contribution in [-0.2, 0) is 14.3 Å². The summed E-state index contributed by atoms with van der Waals surface area (Å²) < 4.78 is 5.41. The van der Waals surface area contributed by atoms with Crippen molar-refractivity contribution in [3.05, 3.63) is 0 Å². The Morgan fingerprint density at radius 3 is 1.91 bits per heavy atom. The van der Waals surface area contributed by atoms with Gasteiger partial charge in [0, 0.05) is 19.6 Å². The zero-order chi connectivity index (χ0) is 23.3. The fraction of sp³-hybridized carbons (Fsp3) is 0.926. The van der Waals surface area contributed by atoms with Crippen molar-refractivity contribution in [2.45, 2.75) is 141 Å². The number of amides is 1. The Labute approximate surface area is 197 Å². The Morgan fingerprint density at radius 1 is 0.781 bits per heavy atom. The minimum absolute atomic E-state index is 0.121. The van der Waals surface area contributed by atoms with Gasteiger partial charge in [-0.1, -0.05) is 90.4 Å². The van der Waals surface area contributed by atoms with Crippen molar-refractivity contribution < 1.29 is 19.4 Å². The monoisotopic (exact) mass is 453 g/mol. The molecule has 0 spiro atoms. The predicted octanol–water partition coefficient (Wildman–Crippen LogP) is 6.55. The molecule has 188 valence electrons. The van der Waals surface area contributed by atoms with Crippen molar-refractivity contribution in [3.8, 4) is 0 Å². The summed E-state index contributed by atoms with van der Waals surface area (Å²) >= 11 is 0. The third kappa shape index (κ3) is 14.1. The highest BCUT2D eigenvalue weighted by Gasteiger charge is 2.34. The molecule has 0 aromatic rings. The lowest BCUT2D eigenvalue weighted by Crippen LogP contribution is -2.41. The molecule has 1 amide bonds. The van der Waals surface area contributed by atoms with Gasteiger partial charge in [0.25, 0.3) is 0 Å². The molecule has 1 N–H and O–H groups in total. The first-order chi connectivity index (χ1) is 15.7. The second-order valence-corrected chi connectivity index (χ2v) is 9.54. The molecular weight excluding hydrogens is 402 g/mol. The lowest BCUT2D eigenvalue weighted by molar-refractivity contribution is -0.153. The highest BCUT2D eigenvalue weighted by atomic mass is 16.5. The molecule has 1 aliphatic rings. The normalized spacial score (nSPS) is 15.9. The number of nitrogens with zero attached hydrogens (tertiary/aromatic N) is 1. The minimum atomic E-state index is -0.373. The van der Waals surface area contributed by atoms with Gasteiger partial charge in [0.2, 0.25) is 5.91 Å². The van der Waals surface area contributed by atoms with Crippen LogP contribution in [0.3, 0.4) is 0 Å².